The second-order valence-corrected chi connectivity index (χ2v) is 12.3. The molecule has 7 aromatic carbocycles. The molecule has 2 aromatic heterocycles. The van der Waals surface area contributed by atoms with E-state index in [0.29, 0.717) is 5.71 Å². The van der Waals surface area contributed by atoms with E-state index in [0.717, 1.165) is 72.3 Å². The van der Waals surface area contributed by atoms with Crippen molar-refractivity contribution in [2.45, 2.75) is 0 Å². The van der Waals surface area contributed by atoms with E-state index in [-0.39, 0.29) is 0 Å². The Morgan fingerprint density at radius 2 is 1.18 bits per heavy atom. The molecule has 0 aliphatic heterocycles. The molecule has 0 amide bonds. The van der Waals surface area contributed by atoms with Crippen LogP contribution in [0.15, 0.2) is 180 Å². The number of allylic oxidation sites excluding steroid dienone is 1. The number of aromatic nitrogens is 1. The second-order valence-electron chi connectivity index (χ2n) is 12.3. The summed E-state index contributed by atoms with van der Waals surface area (Å²) in [5.74, 6) is 0. The van der Waals surface area contributed by atoms with Gasteiger partial charge in [0.05, 0.1) is 22.4 Å². The predicted molar refractivity (Wildman–Crippen MR) is 203 cm³/mol. The summed E-state index contributed by atoms with van der Waals surface area (Å²) >= 11 is 0. The lowest BCUT2D eigenvalue weighted by Gasteiger charge is -2.10. The minimum Gasteiger partial charge on any atom is -0.454 e. The van der Waals surface area contributed by atoms with Gasteiger partial charge in [-0.15, -0.1) is 0 Å². The van der Waals surface area contributed by atoms with Crippen molar-refractivity contribution in [1.29, 1.82) is 5.41 Å². The number of quaternary nitrogens is 1. The van der Waals surface area contributed by atoms with Crippen LogP contribution < -0.4 is 5.32 Å². The average Bonchev–Trinajstić information content (AvgIpc) is 3.72. The summed E-state index contributed by atoms with van der Waals surface area (Å²) in [6.45, 7) is 0. The zero-order valence-corrected chi connectivity index (χ0v) is 26.7. The summed E-state index contributed by atoms with van der Waals surface area (Å²) in [4.78, 5) is 0. The highest BCUT2D eigenvalue weighted by Gasteiger charge is 2.19. The third-order valence-corrected chi connectivity index (χ3v) is 9.33. The molecule has 0 aliphatic carbocycles. The summed E-state index contributed by atoms with van der Waals surface area (Å²) in [5, 5.41) is 15.7. The maximum Gasteiger partial charge on any atom is 0.159 e. The number of rotatable bonds is 7. The van der Waals surface area contributed by atoms with Crippen LogP contribution in [0.4, 0.5) is 5.69 Å². The van der Waals surface area contributed by atoms with Crippen LogP contribution in [0.25, 0.3) is 66.3 Å². The number of nitrogens with two attached hydrogens (primary N) is 1. The predicted octanol–water partition coefficient (Wildman–Crippen LogP) is 10.7. The Hall–Kier alpha value is -6.49. The molecule has 4 nitrogen and oxygen atoms in total. The van der Waals surface area contributed by atoms with Crippen molar-refractivity contribution >= 4 is 60.8 Å². The molecule has 3 N–H and O–H groups in total. The highest BCUT2D eigenvalue weighted by Crippen LogP contribution is 2.41. The molecule has 0 saturated heterocycles. The van der Waals surface area contributed by atoms with Gasteiger partial charge in [-0.1, -0.05) is 121 Å². The summed E-state index contributed by atoms with van der Waals surface area (Å²) in [6, 6.07) is 58.7. The van der Waals surface area contributed by atoms with Gasteiger partial charge in [-0.05, 0) is 59.2 Å². The number of furan rings is 1. The zero-order chi connectivity index (χ0) is 32.7. The molecule has 49 heavy (non-hydrogen) atoms. The van der Waals surface area contributed by atoms with Crippen molar-refractivity contribution in [3.8, 4) is 16.8 Å². The third kappa shape index (κ3) is 5.03. The number of benzene rings is 7. The molecule has 0 aliphatic rings. The number of para-hydroxylation sites is 3. The average molecular weight is 631 g/mol. The monoisotopic (exact) mass is 630 g/mol. The molecule has 0 saturated carbocycles. The first-order chi connectivity index (χ1) is 24.2. The van der Waals surface area contributed by atoms with E-state index in [1.807, 2.05) is 54.6 Å². The lowest BCUT2D eigenvalue weighted by atomic mass is 9.98. The van der Waals surface area contributed by atoms with Crippen molar-refractivity contribution in [2.24, 2.45) is 0 Å². The van der Waals surface area contributed by atoms with Gasteiger partial charge in [0.25, 0.3) is 0 Å². The van der Waals surface area contributed by atoms with E-state index in [9.17, 15) is 0 Å². The molecule has 9 rings (SSSR count). The minimum absolute atomic E-state index is 0.473. The van der Waals surface area contributed by atoms with Crippen LogP contribution in [-0.2, 0) is 0 Å². The Labute approximate surface area is 283 Å². The van der Waals surface area contributed by atoms with Gasteiger partial charge < -0.3 is 14.4 Å². The van der Waals surface area contributed by atoms with Crippen LogP contribution in [0.2, 0.25) is 0 Å². The topological polar surface area (TPSA) is 58.5 Å². The Morgan fingerprint density at radius 3 is 1.92 bits per heavy atom. The highest BCUT2D eigenvalue weighted by atomic mass is 16.3. The van der Waals surface area contributed by atoms with E-state index in [4.69, 9.17) is 9.83 Å². The molecule has 0 bridgehead atoms. The van der Waals surface area contributed by atoms with Gasteiger partial charge >= 0.3 is 0 Å². The van der Waals surface area contributed by atoms with Crippen LogP contribution in [0.1, 0.15) is 11.1 Å². The highest BCUT2D eigenvalue weighted by molar-refractivity contribution is 6.16. The largest absolute Gasteiger partial charge is 0.454 e. The van der Waals surface area contributed by atoms with E-state index in [2.05, 4.69) is 131 Å². The van der Waals surface area contributed by atoms with Gasteiger partial charge in [-0.25, -0.2) is 0 Å². The molecular weight excluding hydrogens is 599 g/mol. The Kier molecular flexibility index (Phi) is 7.00. The van der Waals surface area contributed by atoms with Crippen LogP contribution in [0.5, 0.6) is 0 Å². The van der Waals surface area contributed by atoms with Gasteiger partial charge in [0, 0.05) is 39.3 Å². The molecule has 9 aromatic rings. The maximum absolute atomic E-state index is 8.85. The van der Waals surface area contributed by atoms with E-state index in [1.165, 1.54) is 10.8 Å². The van der Waals surface area contributed by atoms with Crippen molar-refractivity contribution in [3.05, 3.63) is 187 Å². The molecule has 232 valence electrons. The molecular formula is C45H32N3O+. The minimum atomic E-state index is 0.473. The fraction of sp³-hybridized carbons (Fsp3) is 0. The van der Waals surface area contributed by atoms with Gasteiger partial charge in [0.15, 0.2) is 5.58 Å². The molecule has 0 unspecified atom stereocenters. The first-order valence-electron chi connectivity index (χ1n) is 16.5. The third-order valence-electron chi connectivity index (χ3n) is 9.33. The first-order valence-corrected chi connectivity index (χ1v) is 16.5. The molecule has 2 heterocycles. The summed E-state index contributed by atoms with van der Waals surface area (Å²) in [6.07, 6.45) is 1.96. The number of nitrogens with zero attached hydrogens (tertiary/aromatic N) is 1. The fourth-order valence-electron chi connectivity index (χ4n) is 7.10. The Bertz CT molecular complexity index is 2650. The Balaban J connectivity index is 1.16. The summed E-state index contributed by atoms with van der Waals surface area (Å²) < 4.78 is 9.07. The maximum atomic E-state index is 8.85. The van der Waals surface area contributed by atoms with Crippen molar-refractivity contribution in [1.82, 2.24) is 4.57 Å². The fourth-order valence-corrected chi connectivity index (χ4v) is 7.10. The smallest absolute Gasteiger partial charge is 0.159 e. The van der Waals surface area contributed by atoms with Crippen LogP contribution in [0, 0.1) is 5.41 Å². The van der Waals surface area contributed by atoms with Crippen molar-refractivity contribution < 1.29 is 9.73 Å². The van der Waals surface area contributed by atoms with Gasteiger partial charge in [0.1, 0.15) is 17.0 Å². The standard InChI is InChI=1S/C45H31N3O/c46-38(30-14-3-1-4-15-30)29-39(31-16-5-2-6-17-31)47-33-19-11-18-32(28-33)34-22-13-27-43-44(34)37-23-12-26-42(45(37)49-43)48-40-24-9-7-20-35(40)36-21-8-10-25-41(36)48/h1-29,46-47H/p+1. The quantitative estimate of drug-likeness (QED) is 0.134. The van der Waals surface area contributed by atoms with E-state index in [1.54, 1.807) is 0 Å². The number of hydrogen-bond acceptors (Lipinski definition) is 2. The normalized spacial score (nSPS) is 12.0. The molecule has 0 atom stereocenters. The molecule has 0 spiro atoms. The molecule has 0 fully saturated rings. The van der Waals surface area contributed by atoms with E-state index >= 15 is 0 Å². The van der Waals surface area contributed by atoms with Gasteiger partial charge in [-0.2, -0.15) is 0 Å². The first kappa shape index (κ1) is 28.7. The van der Waals surface area contributed by atoms with Gasteiger partial charge in [-0.3, -0.25) is 5.32 Å². The van der Waals surface area contributed by atoms with Crippen molar-refractivity contribution in [2.75, 3.05) is 0 Å². The zero-order valence-electron chi connectivity index (χ0n) is 26.7. The van der Waals surface area contributed by atoms with Crippen molar-refractivity contribution in [3.63, 3.8) is 0 Å². The van der Waals surface area contributed by atoms with Crippen LogP contribution in [-0.4, -0.2) is 10.3 Å². The second kappa shape index (κ2) is 11.9. The Morgan fingerprint density at radius 1 is 0.571 bits per heavy atom. The molecule has 4 heteroatoms. The summed E-state index contributed by atoms with van der Waals surface area (Å²) in [7, 11) is 0. The number of hydrogen-bond donors (Lipinski definition) is 2. The molecule has 0 radical (unpaired) electrons. The SMILES string of the molecule is N=C(C=C([NH2+]c1cccc(-c2cccc3oc4c(-n5c6ccccc6c6ccccc65)cccc4c23)c1)c1ccccc1)c1ccccc1. The van der Waals surface area contributed by atoms with E-state index < -0.39 is 0 Å². The van der Waals surface area contributed by atoms with Crippen LogP contribution >= 0.6 is 0 Å². The lowest BCUT2D eigenvalue weighted by Crippen LogP contribution is -2.74. The number of nitrogens with one attached hydrogen (secondary N) is 1. The van der Waals surface area contributed by atoms with Gasteiger partial charge in [0.2, 0.25) is 0 Å². The lowest BCUT2D eigenvalue weighted by molar-refractivity contribution is -0.469. The summed E-state index contributed by atoms with van der Waals surface area (Å²) in [5.41, 5.74) is 11.8. The number of fused-ring (bicyclic) bond motifs is 6. The van der Waals surface area contributed by atoms with Crippen LogP contribution in [0.3, 0.4) is 0 Å².